The Balaban J connectivity index is 2.59. The van der Waals surface area contributed by atoms with Gasteiger partial charge in [-0.05, 0) is 41.6 Å². The van der Waals surface area contributed by atoms with Crippen LogP contribution in [0.15, 0.2) is 36.5 Å². The van der Waals surface area contributed by atoms with Crippen molar-refractivity contribution >= 4 is 22.6 Å². The molecular formula is C10H9IN2. The Labute approximate surface area is 90.8 Å². The first-order valence-electron chi connectivity index (χ1n) is 4.04. The zero-order valence-electron chi connectivity index (χ0n) is 7.24. The van der Waals surface area contributed by atoms with Crippen LogP contribution in [0.25, 0.3) is 5.69 Å². The van der Waals surface area contributed by atoms with E-state index in [0.29, 0.717) is 0 Å². The summed E-state index contributed by atoms with van der Waals surface area (Å²) in [5.74, 6) is 1.02. The molecule has 13 heavy (non-hydrogen) atoms. The van der Waals surface area contributed by atoms with E-state index in [1.54, 1.807) is 0 Å². The Bertz CT molecular complexity index is 387. The lowest BCUT2D eigenvalue weighted by Crippen LogP contribution is -1.98. The van der Waals surface area contributed by atoms with Crippen LogP contribution in [0.2, 0.25) is 0 Å². The lowest BCUT2D eigenvalue weighted by Gasteiger charge is -2.05. The van der Waals surface area contributed by atoms with Crippen molar-refractivity contribution in [1.29, 1.82) is 0 Å². The number of halogens is 1. The fraction of sp³-hybridized carbons (Fsp3) is 0.100. The van der Waals surface area contributed by atoms with Gasteiger partial charge in [-0.25, -0.2) is 4.98 Å². The number of imidazole rings is 1. The number of nitrogens with zero attached hydrogens (tertiary/aromatic N) is 2. The summed E-state index contributed by atoms with van der Waals surface area (Å²) in [7, 11) is 0. The molecule has 0 aliphatic carbocycles. The van der Waals surface area contributed by atoms with Gasteiger partial charge in [0, 0.05) is 5.69 Å². The van der Waals surface area contributed by atoms with Crippen molar-refractivity contribution in [1.82, 2.24) is 9.55 Å². The fourth-order valence-corrected chi connectivity index (χ4v) is 2.07. The molecule has 0 N–H and O–H groups in total. The standard InChI is InChI=1S/C10H9IN2/c1-8-12-7-10(11)13(8)9-5-3-2-4-6-9/h2-7H,1H3. The maximum atomic E-state index is 4.25. The number of hydrogen-bond acceptors (Lipinski definition) is 1. The summed E-state index contributed by atoms with van der Waals surface area (Å²) >= 11 is 2.29. The van der Waals surface area contributed by atoms with E-state index in [2.05, 4.69) is 44.3 Å². The summed E-state index contributed by atoms with van der Waals surface area (Å²) < 4.78 is 3.27. The lowest BCUT2D eigenvalue weighted by atomic mass is 10.3. The third-order valence-electron chi connectivity index (χ3n) is 1.91. The number of aromatic nitrogens is 2. The van der Waals surface area contributed by atoms with Gasteiger partial charge in [-0.3, -0.25) is 4.57 Å². The smallest absolute Gasteiger partial charge is 0.110 e. The SMILES string of the molecule is Cc1ncc(I)n1-c1ccccc1. The van der Waals surface area contributed by atoms with E-state index in [4.69, 9.17) is 0 Å². The molecule has 0 aliphatic rings. The molecule has 1 heterocycles. The Hall–Kier alpha value is -0.840. The normalized spacial score (nSPS) is 10.3. The minimum absolute atomic E-state index is 1.02. The first kappa shape index (κ1) is 8.74. The Morgan fingerprint density at radius 2 is 1.92 bits per heavy atom. The van der Waals surface area contributed by atoms with Crippen molar-refractivity contribution in [3.8, 4) is 5.69 Å². The quantitative estimate of drug-likeness (QED) is 0.736. The average molecular weight is 284 g/mol. The van der Waals surface area contributed by atoms with Crippen LogP contribution in [0, 0.1) is 10.6 Å². The van der Waals surface area contributed by atoms with Gasteiger partial charge in [0.2, 0.25) is 0 Å². The second-order valence-electron chi connectivity index (χ2n) is 2.80. The number of benzene rings is 1. The molecule has 0 saturated heterocycles. The van der Waals surface area contributed by atoms with Gasteiger partial charge in [0.05, 0.1) is 6.20 Å². The van der Waals surface area contributed by atoms with E-state index in [1.807, 2.05) is 31.3 Å². The van der Waals surface area contributed by atoms with E-state index < -0.39 is 0 Å². The highest BCUT2D eigenvalue weighted by molar-refractivity contribution is 14.1. The number of rotatable bonds is 1. The topological polar surface area (TPSA) is 17.8 Å². The highest BCUT2D eigenvalue weighted by atomic mass is 127. The van der Waals surface area contributed by atoms with E-state index in [-0.39, 0.29) is 0 Å². The van der Waals surface area contributed by atoms with Gasteiger partial charge in [0.25, 0.3) is 0 Å². The maximum absolute atomic E-state index is 4.25. The molecule has 0 bridgehead atoms. The highest BCUT2D eigenvalue weighted by Gasteiger charge is 2.04. The summed E-state index contributed by atoms with van der Waals surface area (Å²) in [5.41, 5.74) is 1.17. The van der Waals surface area contributed by atoms with Gasteiger partial charge < -0.3 is 0 Å². The number of hydrogen-bond donors (Lipinski definition) is 0. The molecule has 0 fully saturated rings. The van der Waals surface area contributed by atoms with Gasteiger partial charge in [-0.15, -0.1) is 0 Å². The van der Waals surface area contributed by atoms with Crippen LogP contribution in [0.3, 0.4) is 0 Å². The Morgan fingerprint density at radius 3 is 2.46 bits per heavy atom. The number of para-hydroxylation sites is 1. The Kier molecular flexibility index (Phi) is 2.35. The lowest BCUT2D eigenvalue weighted by molar-refractivity contribution is 0.955. The van der Waals surface area contributed by atoms with Gasteiger partial charge >= 0.3 is 0 Å². The third-order valence-corrected chi connectivity index (χ3v) is 2.67. The zero-order chi connectivity index (χ0) is 9.26. The monoisotopic (exact) mass is 284 g/mol. The first-order chi connectivity index (χ1) is 6.29. The Morgan fingerprint density at radius 1 is 1.23 bits per heavy atom. The summed E-state index contributed by atoms with van der Waals surface area (Å²) in [5, 5.41) is 0. The van der Waals surface area contributed by atoms with Crippen molar-refractivity contribution in [3.63, 3.8) is 0 Å². The van der Waals surface area contributed by atoms with E-state index >= 15 is 0 Å². The second kappa shape index (κ2) is 3.49. The zero-order valence-corrected chi connectivity index (χ0v) is 9.39. The van der Waals surface area contributed by atoms with E-state index in [1.165, 1.54) is 5.69 Å². The summed E-state index contributed by atoms with van der Waals surface area (Å²) in [6, 6.07) is 10.2. The van der Waals surface area contributed by atoms with Crippen molar-refractivity contribution < 1.29 is 0 Å². The van der Waals surface area contributed by atoms with Crippen LogP contribution >= 0.6 is 22.6 Å². The molecule has 0 radical (unpaired) electrons. The van der Waals surface area contributed by atoms with Gasteiger partial charge in [0.1, 0.15) is 9.53 Å². The molecular weight excluding hydrogens is 275 g/mol. The minimum Gasteiger partial charge on any atom is -0.292 e. The van der Waals surface area contributed by atoms with Crippen molar-refractivity contribution in [2.24, 2.45) is 0 Å². The first-order valence-corrected chi connectivity index (χ1v) is 5.12. The largest absolute Gasteiger partial charge is 0.292 e. The van der Waals surface area contributed by atoms with Gasteiger partial charge in [0.15, 0.2) is 0 Å². The van der Waals surface area contributed by atoms with E-state index in [0.717, 1.165) is 9.53 Å². The molecule has 0 unspecified atom stereocenters. The van der Waals surface area contributed by atoms with Gasteiger partial charge in [-0.1, -0.05) is 18.2 Å². The van der Waals surface area contributed by atoms with Crippen LogP contribution < -0.4 is 0 Å². The molecule has 66 valence electrons. The predicted octanol–water partition coefficient (Wildman–Crippen LogP) is 2.79. The molecule has 1 aromatic carbocycles. The fourth-order valence-electron chi connectivity index (χ4n) is 1.30. The molecule has 0 saturated carbocycles. The van der Waals surface area contributed by atoms with Crippen molar-refractivity contribution in [2.75, 3.05) is 0 Å². The van der Waals surface area contributed by atoms with Crippen LogP contribution in [0.5, 0.6) is 0 Å². The van der Waals surface area contributed by atoms with Crippen molar-refractivity contribution in [3.05, 3.63) is 46.1 Å². The molecule has 0 spiro atoms. The highest BCUT2D eigenvalue weighted by Crippen LogP contribution is 2.15. The maximum Gasteiger partial charge on any atom is 0.110 e. The molecule has 0 aliphatic heterocycles. The van der Waals surface area contributed by atoms with Crippen LogP contribution in [-0.2, 0) is 0 Å². The molecule has 2 aromatic rings. The molecule has 2 rings (SSSR count). The third kappa shape index (κ3) is 1.60. The predicted molar refractivity (Wildman–Crippen MR) is 61.0 cm³/mol. The molecule has 0 amide bonds. The molecule has 2 nitrogen and oxygen atoms in total. The summed E-state index contributed by atoms with van der Waals surface area (Å²) in [6.45, 7) is 2.01. The van der Waals surface area contributed by atoms with Crippen LogP contribution in [-0.4, -0.2) is 9.55 Å². The van der Waals surface area contributed by atoms with Crippen molar-refractivity contribution in [2.45, 2.75) is 6.92 Å². The van der Waals surface area contributed by atoms with Crippen LogP contribution in [0.1, 0.15) is 5.82 Å². The molecule has 0 atom stereocenters. The van der Waals surface area contributed by atoms with Gasteiger partial charge in [-0.2, -0.15) is 0 Å². The minimum atomic E-state index is 1.02. The average Bonchev–Trinajstić information content (AvgIpc) is 2.48. The van der Waals surface area contributed by atoms with E-state index in [9.17, 15) is 0 Å². The summed E-state index contributed by atoms with van der Waals surface area (Å²) in [6.07, 6.45) is 1.88. The van der Waals surface area contributed by atoms with Crippen LogP contribution in [0.4, 0.5) is 0 Å². The molecule has 3 heteroatoms. The second-order valence-corrected chi connectivity index (χ2v) is 3.90. The number of aryl methyl sites for hydroxylation is 1. The summed E-state index contributed by atoms with van der Waals surface area (Å²) in [4.78, 5) is 4.25. The molecule has 1 aromatic heterocycles.